The zero-order valence-electron chi connectivity index (χ0n) is 34.1. The van der Waals surface area contributed by atoms with Crippen LogP contribution in [0.5, 0.6) is 6.01 Å². The second-order valence-electron chi connectivity index (χ2n) is 17.7. The van der Waals surface area contributed by atoms with Gasteiger partial charge in [0, 0.05) is 48.0 Å². The van der Waals surface area contributed by atoms with Crippen molar-refractivity contribution < 1.29 is 31.5 Å². The largest absolute Gasteiger partial charge is 0.461 e. The van der Waals surface area contributed by atoms with Crippen LogP contribution in [-0.2, 0) is 14.8 Å². The van der Waals surface area contributed by atoms with Crippen LogP contribution in [0.4, 0.5) is 19.4 Å². The number of anilines is 1. The summed E-state index contributed by atoms with van der Waals surface area (Å²) in [6.07, 6.45) is 2.25. The highest BCUT2D eigenvalue weighted by atomic mass is 35.5. The third kappa shape index (κ3) is 6.77. The number of ether oxygens (including phenoxy) is 2. The summed E-state index contributed by atoms with van der Waals surface area (Å²) in [6, 6.07) is 11.2. The van der Waals surface area contributed by atoms with Gasteiger partial charge in [0.05, 0.1) is 38.8 Å². The van der Waals surface area contributed by atoms with Gasteiger partial charge in [-0.15, -0.1) is 0 Å². The highest BCUT2D eigenvalue weighted by molar-refractivity contribution is 7.90. The summed E-state index contributed by atoms with van der Waals surface area (Å²) in [5.74, 6) is -0.317. The third-order valence-electron chi connectivity index (χ3n) is 12.5. The Morgan fingerprint density at radius 1 is 1.00 bits per heavy atom. The van der Waals surface area contributed by atoms with Gasteiger partial charge in [0.15, 0.2) is 5.82 Å². The van der Waals surface area contributed by atoms with E-state index in [1.807, 2.05) is 44.4 Å². The highest BCUT2D eigenvalue weighted by Crippen LogP contribution is 2.46. The van der Waals surface area contributed by atoms with Crippen molar-refractivity contribution >= 4 is 55.3 Å². The van der Waals surface area contributed by atoms with Crippen molar-refractivity contribution in [3.8, 4) is 17.1 Å². The van der Waals surface area contributed by atoms with E-state index in [-0.39, 0.29) is 57.3 Å². The monoisotopic (exact) mass is 847 g/mol. The van der Waals surface area contributed by atoms with Crippen LogP contribution in [-0.4, -0.2) is 106 Å². The number of aryl methyl sites for hydroxylation is 3. The first-order valence-electron chi connectivity index (χ1n) is 20.2. The van der Waals surface area contributed by atoms with Gasteiger partial charge in [0.25, 0.3) is 10.0 Å². The summed E-state index contributed by atoms with van der Waals surface area (Å²) in [4.78, 5) is 29.0. The van der Waals surface area contributed by atoms with Crippen molar-refractivity contribution in [1.82, 2.24) is 29.0 Å². The van der Waals surface area contributed by atoms with Crippen molar-refractivity contribution in [3.63, 3.8) is 0 Å². The van der Waals surface area contributed by atoms with Crippen molar-refractivity contribution in [3.05, 3.63) is 70.1 Å². The number of halogens is 3. The van der Waals surface area contributed by atoms with Gasteiger partial charge in [-0.3, -0.25) is 9.80 Å². The number of rotatable bonds is 7. The Morgan fingerprint density at radius 2 is 1.71 bits per heavy atom. The van der Waals surface area contributed by atoms with Gasteiger partial charge >= 0.3 is 12.1 Å². The quantitative estimate of drug-likeness (QED) is 0.159. The number of amides is 1. The molecule has 0 radical (unpaired) electrons. The van der Waals surface area contributed by atoms with Crippen molar-refractivity contribution in [2.75, 3.05) is 37.7 Å². The Hall–Kier alpha value is -4.60. The Kier molecular flexibility index (Phi) is 9.63. The van der Waals surface area contributed by atoms with E-state index in [2.05, 4.69) is 10.00 Å². The first-order valence-corrected chi connectivity index (χ1v) is 22.1. The Bertz CT molecular complexity index is 2620. The van der Waals surface area contributed by atoms with E-state index in [9.17, 15) is 17.6 Å². The number of hydrogen-bond acceptors (Lipinski definition) is 10. The molecule has 0 saturated carbocycles. The molecular weight excluding hydrogens is 800 g/mol. The zero-order chi connectivity index (χ0) is 41.8. The van der Waals surface area contributed by atoms with Crippen molar-refractivity contribution in [1.29, 1.82) is 0 Å². The van der Waals surface area contributed by atoms with Crippen LogP contribution in [0.2, 0.25) is 5.02 Å². The average Bonchev–Trinajstić information content (AvgIpc) is 3.88. The smallest absolute Gasteiger partial charge is 0.410 e. The van der Waals surface area contributed by atoms with Crippen LogP contribution in [0.15, 0.2) is 47.4 Å². The second-order valence-corrected chi connectivity index (χ2v) is 19.9. The lowest BCUT2D eigenvalue weighted by atomic mass is 9.94. The van der Waals surface area contributed by atoms with E-state index in [4.69, 9.17) is 31.0 Å². The summed E-state index contributed by atoms with van der Waals surface area (Å²) in [5, 5.41) is 5.36. The van der Waals surface area contributed by atoms with E-state index in [0.29, 0.717) is 59.5 Å². The van der Waals surface area contributed by atoms with Crippen LogP contribution in [0.1, 0.15) is 69.7 Å². The molecule has 3 aromatic carbocycles. The van der Waals surface area contributed by atoms with Crippen LogP contribution in [0.25, 0.3) is 32.9 Å². The van der Waals surface area contributed by atoms with Crippen LogP contribution >= 0.6 is 11.6 Å². The number of nitrogens with zero attached hydrogens (tertiary/aromatic N) is 7. The molecule has 16 heteroatoms. The van der Waals surface area contributed by atoms with E-state index in [0.717, 1.165) is 41.9 Å². The molecule has 0 spiro atoms. The van der Waals surface area contributed by atoms with Gasteiger partial charge in [-0.1, -0.05) is 35.4 Å². The van der Waals surface area contributed by atoms with Gasteiger partial charge in [-0.2, -0.15) is 27.6 Å². The van der Waals surface area contributed by atoms with E-state index < -0.39 is 33.2 Å². The molecule has 0 N–H and O–H groups in total. The minimum Gasteiger partial charge on any atom is -0.461 e. The fraction of sp³-hybridized carbons (Fsp3) is 0.488. The van der Waals surface area contributed by atoms with Crippen LogP contribution < -0.4 is 9.64 Å². The summed E-state index contributed by atoms with van der Waals surface area (Å²) in [7, 11) is -4.12. The lowest BCUT2D eigenvalue weighted by molar-refractivity contribution is 0.0122. The molecule has 312 valence electrons. The molecule has 0 unspecified atom stereocenters. The first-order chi connectivity index (χ1) is 27.9. The molecule has 9 rings (SSSR count). The maximum absolute atomic E-state index is 17.7. The molecule has 5 aromatic rings. The van der Waals surface area contributed by atoms with E-state index >= 15 is 4.39 Å². The Morgan fingerprint density at radius 3 is 2.41 bits per heavy atom. The molecule has 4 fully saturated rings. The number of carbonyl (C=O) groups excluding carboxylic acids is 1. The molecule has 2 aromatic heterocycles. The zero-order valence-corrected chi connectivity index (χ0v) is 35.6. The molecule has 4 atom stereocenters. The number of piperazine rings is 1. The standard InChI is InChI=1S/C43H48ClF2N7O5S/c1-24-8-13-30(14-9-24)59(55,56)53-33-15-10-25(2)34(35(33)26(3)49-53)36-32(44)18-31-38(37(36)46)47-40(57-23-43-16-7-17-51(43)20-27(45)19-43)48-39(31)50-21-28-11-12-29(22-50)52(28)41(54)58-42(4,5)6/h8-10,13-15,18,27-29H,7,11-12,16-17,19-23H2,1-6H3/t27-,28-,29+,43+/m1/s1. The SMILES string of the molecule is Cc1ccc(S(=O)(=O)n2nc(C)c3c(-c4c(Cl)cc5c(N6C[C@H]7CC[C@@H](C6)N7C(=O)OC(C)(C)C)nc(OC[C@@]67CCCN6C[C@H](F)C7)nc5c4F)c(C)ccc32)cc1. The molecular formula is C43H48ClF2N7O5S. The number of aromatic nitrogens is 4. The minimum absolute atomic E-state index is 0.0318. The van der Waals surface area contributed by atoms with Gasteiger partial charge < -0.3 is 14.4 Å². The number of alkyl halides is 1. The number of hydrogen-bond donors (Lipinski definition) is 0. The molecule has 12 nitrogen and oxygen atoms in total. The fourth-order valence-electron chi connectivity index (χ4n) is 9.81. The highest BCUT2D eigenvalue weighted by Gasteiger charge is 2.50. The molecule has 4 aliphatic rings. The third-order valence-corrected chi connectivity index (χ3v) is 14.4. The molecule has 1 amide bonds. The lowest BCUT2D eigenvalue weighted by Crippen LogP contribution is -2.57. The maximum Gasteiger partial charge on any atom is 0.410 e. The number of carbonyl (C=O) groups is 1. The summed E-state index contributed by atoms with van der Waals surface area (Å²) in [6.45, 7) is 13.0. The average molecular weight is 848 g/mol. The van der Waals surface area contributed by atoms with Crippen molar-refractivity contribution in [2.45, 2.75) is 108 Å². The second kappa shape index (κ2) is 14.3. The molecule has 4 aliphatic heterocycles. The summed E-state index contributed by atoms with van der Waals surface area (Å²) >= 11 is 7.14. The fourth-order valence-corrected chi connectivity index (χ4v) is 11.4. The molecule has 6 heterocycles. The summed E-state index contributed by atoms with van der Waals surface area (Å²) < 4.78 is 73.5. The molecule has 4 saturated heterocycles. The number of fused-ring (bicyclic) bond motifs is 5. The van der Waals surface area contributed by atoms with Crippen LogP contribution in [0, 0.1) is 26.6 Å². The summed E-state index contributed by atoms with van der Waals surface area (Å²) in [5.41, 5.74) is 1.45. The molecule has 0 aliphatic carbocycles. The topological polar surface area (TPSA) is 123 Å². The maximum atomic E-state index is 17.7. The number of benzene rings is 3. The Labute approximate surface area is 347 Å². The van der Waals surface area contributed by atoms with Gasteiger partial charge in [0.2, 0.25) is 0 Å². The van der Waals surface area contributed by atoms with Gasteiger partial charge in [-0.25, -0.2) is 13.6 Å². The minimum atomic E-state index is -4.12. The first kappa shape index (κ1) is 39.8. The predicted octanol–water partition coefficient (Wildman–Crippen LogP) is 8.14. The van der Waals surface area contributed by atoms with Crippen molar-refractivity contribution in [2.24, 2.45) is 0 Å². The van der Waals surface area contributed by atoms with E-state index in [1.54, 1.807) is 37.3 Å². The van der Waals surface area contributed by atoms with Crippen LogP contribution in [0.3, 0.4) is 0 Å². The van der Waals surface area contributed by atoms with Gasteiger partial charge in [0.1, 0.15) is 29.7 Å². The van der Waals surface area contributed by atoms with Gasteiger partial charge in [-0.05, 0) is 104 Å². The normalized spacial score (nSPS) is 23.4. The predicted molar refractivity (Wildman–Crippen MR) is 222 cm³/mol. The Balaban J connectivity index is 1.17. The molecule has 2 bridgehead atoms. The lowest BCUT2D eigenvalue weighted by Gasteiger charge is -2.42. The van der Waals surface area contributed by atoms with E-state index in [1.165, 1.54) is 12.1 Å². The molecule has 59 heavy (non-hydrogen) atoms.